The van der Waals surface area contributed by atoms with Crippen molar-refractivity contribution in [1.29, 1.82) is 0 Å². The lowest BCUT2D eigenvalue weighted by Gasteiger charge is -2.28. The Kier molecular flexibility index (Phi) is 8.51. The third kappa shape index (κ3) is 6.84. The van der Waals surface area contributed by atoms with Gasteiger partial charge in [-0.3, -0.25) is 9.59 Å². The summed E-state index contributed by atoms with van der Waals surface area (Å²) in [5, 5.41) is 0. The van der Waals surface area contributed by atoms with Crippen LogP contribution in [0.4, 0.5) is 0 Å². The topological polar surface area (TPSA) is 45.6 Å². The molecule has 0 bridgehead atoms. The van der Waals surface area contributed by atoms with Crippen molar-refractivity contribution < 1.29 is 9.59 Å². The Morgan fingerprint density at radius 2 is 1.77 bits per heavy atom. The highest BCUT2D eigenvalue weighted by Crippen LogP contribution is 2.28. The second kappa shape index (κ2) is 11.5. The van der Waals surface area contributed by atoms with Gasteiger partial charge < -0.3 is 14.4 Å². The fourth-order valence-electron chi connectivity index (χ4n) is 4.35. The predicted molar refractivity (Wildman–Crippen MR) is 124 cm³/mol. The van der Waals surface area contributed by atoms with E-state index in [4.69, 9.17) is 0 Å². The van der Waals surface area contributed by atoms with Gasteiger partial charge in [0, 0.05) is 38.4 Å². The van der Waals surface area contributed by atoms with E-state index in [0.29, 0.717) is 32.0 Å². The molecule has 0 atom stereocenters. The van der Waals surface area contributed by atoms with E-state index >= 15 is 0 Å². The van der Waals surface area contributed by atoms with Gasteiger partial charge in [0.05, 0.1) is 6.54 Å². The van der Waals surface area contributed by atoms with E-state index in [2.05, 4.69) is 6.58 Å². The Morgan fingerprint density at radius 1 is 1.03 bits per heavy atom. The number of nitrogens with zero attached hydrogens (tertiary/aromatic N) is 3. The summed E-state index contributed by atoms with van der Waals surface area (Å²) in [4.78, 5) is 29.7. The van der Waals surface area contributed by atoms with Crippen molar-refractivity contribution in [3.05, 3.63) is 72.6 Å². The van der Waals surface area contributed by atoms with E-state index in [1.54, 1.807) is 11.0 Å². The molecule has 1 aromatic carbocycles. The molecule has 1 aliphatic rings. The van der Waals surface area contributed by atoms with E-state index < -0.39 is 0 Å². The average Bonchev–Trinajstić information content (AvgIpc) is 3.44. The van der Waals surface area contributed by atoms with Gasteiger partial charge in [-0.1, -0.05) is 62.1 Å². The lowest BCUT2D eigenvalue weighted by molar-refractivity contribution is -0.141. The molecule has 0 radical (unpaired) electrons. The predicted octanol–water partition coefficient (Wildman–Crippen LogP) is 4.54. The molecular weight excluding hydrogens is 386 g/mol. The van der Waals surface area contributed by atoms with Crippen LogP contribution in [0, 0.1) is 5.92 Å². The van der Waals surface area contributed by atoms with E-state index in [9.17, 15) is 9.59 Å². The number of carbonyl (C=O) groups excluding carboxylic acids is 2. The number of aromatic nitrogens is 1. The largest absolute Gasteiger partial charge is 0.353 e. The van der Waals surface area contributed by atoms with Crippen molar-refractivity contribution in [3.63, 3.8) is 0 Å². The summed E-state index contributed by atoms with van der Waals surface area (Å²) in [5.74, 6) is 0.678. The first-order chi connectivity index (χ1) is 15.1. The van der Waals surface area contributed by atoms with Gasteiger partial charge in [-0.2, -0.15) is 0 Å². The van der Waals surface area contributed by atoms with Gasteiger partial charge in [0.2, 0.25) is 11.8 Å². The number of hydrogen-bond acceptors (Lipinski definition) is 2. The van der Waals surface area contributed by atoms with Gasteiger partial charge in [0.1, 0.15) is 6.54 Å². The molecule has 0 unspecified atom stereocenters. The van der Waals surface area contributed by atoms with Crippen molar-refractivity contribution in [2.45, 2.75) is 51.6 Å². The van der Waals surface area contributed by atoms with Crippen LogP contribution >= 0.6 is 0 Å². The fraction of sp³-hybridized carbons (Fsp3) is 0.462. The maximum Gasteiger partial charge on any atom is 0.242 e. The van der Waals surface area contributed by atoms with Crippen LogP contribution in [0.15, 0.2) is 61.3 Å². The summed E-state index contributed by atoms with van der Waals surface area (Å²) in [6.07, 6.45) is 10.2. The normalized spacial score (nSPS) is 13.8. The molecule has 5 nitrogen and oxygen atoms in total. The molecule has 3 rings (SSSR count). The number of hydrogen-bond donors (Lipinski definition) is 0. The van der Waals surface area contributed by atoms with Crippen molar-refractivity contribution in [2.24, 2.45) is 13.0 Å². The molecule has 2 aromatic rings. The van der Waals surface area contributed by atoms with Crippen molar-refractivity contribution in [3.8, 4) is 0 Å². The Bertz CT molecular complexity index is 853. The second-order valence-corrected chi connectivity index (χ2v) is 8.60. The molecule has 1 aromatic heterocycles. The number of rotatable bonds is 11. The van der Waals surface area contributed by atoms with E-state index in [1.807, 2.05) is 65.2 Å². The molecule has 0 aliphatic heterocycles. The van der Waals surface area contributed by atoms with Gasteiger partial charge in [-0.25, -0.2) is 0 Å². The Balaban J connectivity index is 1.67. The van der Waals surface area contributed by atoms with E-state index in [1.165, 1.54) is 25.7 Å². The highest BCUT2D eigenvalue weighted by atomic mass is 16.2. The fourth-order valence-corrected chi connectivity index (χ4v) is 4.35. The average molecular weight is 422 g/mol. The molecule has 2 amide bonds. The molecule has 1 saturated carbocycles. The molecule has 1 aliphatic carbocycles. The number of aryl methyl sites for hydroxylation is 1. The van der Waals surface area contributed by atoms with Crippen LogP contribution in [0.25, 0.3) is 0 Å². The zero-order valence-electron chi connectivity index (χ0n) is 18.7. The first-order valence-electron chi connectivity index (χ1n) is 11.4. The number of amides is 2. The van der Waals surface area contributed by atoms with Crippen LogP contribution < -0.4 is 0 Å². The zero-order valence-corrected chi connectivity index (χ0v) is 18.7. The molecule has 166 valence electrons. The van der Waals surface area contributed by atoms with Crippen LogP contribution in [0.2, 0.25) is 0 Å². The molecule has 1 fully saturated rings. The molecule has 0 spiro atoms. The first-order valence-corrected chi connectivity index (χ1v) is 11.4. The molecule has 0 N–H and O–H groups in total. The third-order valence-corrected chi connectivity index (χ3v) is 6.24. The molecule has 0 saturated heterocycles. The summed E-state index contributed by atoms with van der Waals surface area (Å²) < 4.78 is 2.03. The summed E-state index contributed by atoms with van der Waals surface area (Å²) in [6.45, 7) is 5.31. The minimum absolute atomic E-state index is 0.0406. The summed E-state index contributed by atoms with van der Waals surface area (Å²) in [7, 11) is 1.98. The zero-order chi connectivity index (χ0) is 22.1. The summed E-state index contributed by atoms with van der Waals surface area (Å²) in [6, 6.07) is 14.0. The molecule has 5 heteroatoms. The number of benzene rings is 1. The van der Waals surface area contributed by atoms with E-state index in [-0.39, 0.29) is 18.4 Å². The van der Waals surface area contributed by atoms with Gasteiger partial charge in [-0.15, -0.1) is 6.58 Å². The summed E-state index contributed by atoms with van der Waals surface area (Å²) in [5.41, 5.74) is 2.14. The van der Waals surface area contributed by atoms with Gasteiger partial charge in [0.25, 0.3) is 0 Å². The van der Waals surface area contributed by atoms with Crippen LogP contribution in [-0.2, 0) is 29.7 Å². The first kappa shape index (κ1) is 22.9. The highest BCUT2D eigenvalue weighted by molar-refractivity contribution is 5.85. The van der Waals surface area contributed by atoms with Crippen LogP contribution in [0.5, 0.6) is 0 Å². The van der Waals surface area contributed by atoms with Crippen molar-refractivity contribution in [2.75, 3.05) is 13.1 Å². The van der Waals surface area contributed by atoms with Crippen LogP contribution in [0.1, 0.15) is 49.8 Å². The second-order valence-electron chi connectivity index (χ2n) is 8.60. The Hall–Kier alpha value is -2.82. The molecule has 31 heavy (non-hydrogen) atoms. The van der Waals surface area contributed by atoms with Crippen LogP contribution in [-0.4, -0.2) is 39.3 Å². The van der Waals surface area contributed by atoms with Crippen molar-refractivity contribution >= 4 is 11.8 Å². The Morgan fingerprint density at radius 3 is 2.42 bits per heavy atom. The van der Waals surface area contributed by atoms with Gasteiger partial charge in [0.15, 0.2) is 0 Å². The summed E-state index contributed by atoms with van der Waals surface area (Å²) >= 11 is 0. The maximum absolute atomic E-state index is 13.3. The lowest BCUT2D eigenvalue weighted by Crippen LogP contribution is -2.42. The van der Waals surface area contributed by atoms with Crippen LogP contribution in [0.3, 0.4) is 0 Å². The van der Waals surface area contributed by atoms with Gasteiger partial charge in [-0.05, 0) is 30.0 Å². The molecular formula is C26H35N3O2. The highest BCUT2D eigenvalue weighted by Gasteiger charge is 2.23. The third-order valence-electron chi connectivity index (χ3n) is 6.24. The maximum atomic E-state index is 13.3. The Labute approximate surface area is 186 Å². The van der Waals surface area contributed by atoms with Gasteiger partial charge >= 0.3 is 0 Å². The van der Waals surface area contributed by atoms with Crippen molar-refractivity contribution in [1.82, 2.24) is 14.4 Å². The standard InChI is InChI=1S/C26H35N3O2/c1-3-17-28(25(30)16-15-22-10-7-8-11-22)21-26(31)29(19-23-12-5-4-6-13-23)20-24-14-9-18-27(24)2/h3-6,9,12-14,18,22H,1,7-8,10-11,15-17,19-21H2,2H3. The van der Waals surface area contributed by atoms with E-state index in [0.717, 1.165) is 17.7 Å². The minimum atomic E-state index is -0.0406. The SMILES string of the molecule is C=CCN(CC(=O)N(Cc1ccccc1)Cc1cccn1C)C(=O)CCC1CCCC1. The number of carbonyl (C=O) groups is 2. The minimum Gasteiger partial charge on any atom is -0.353 e. The molecule has 1 heterocycles. The monoisotopic (exact) mass is 421 g/mol. The quantitative estimate of drug-likeness (QED) is 0.500. The smallest absolute Gasteiger partial charge is 0.242 e. The lowest BCUT2D eigenvalue weighted by atomic mass is 10.0.